The van der Waals surface area contributed by atoms with Crippen LogP contribution in [0.3, 0.4) is 0 Å². The smallest absolute Gasteiger partial charge is 0.280 e. The van der Waals surface area contributed by atoms with E-state index in [2.05, 4.69) is 6.92 Å². The molecule has 0 atom stereocenters. The Balaban J connectivity index is 3.30. The summed E-state index contributed by atoms with van der Waals surface area (Å²) in [6.45, 7) is 3.52. The first-order valence-corrected chi connectivity index (χ1v) is 3.20. The normalized spacial score (nSPS) is 9.42. The average Bonchev–Trinajstić information content (AvgIpc) is 2.04. The fourth-order valence-corrected chi connectivity index (χ4v) is 0.847. The van der Waals surface area contributed by atoms with E-state index in [4.69, 9.17) is 0 Å². The van der Waals surface area contributed by atoms with Crippen LogP contribution < -0.4 is 0 Å². The fraction of sp³-hybridized carbons (Fsp3) is 0. The second kappa shape index (κ2) is 3.13. The van der Waals surface area contributed by atoms with Gasteiger partial charge < -0.3 is 0 Å². The average molecular weight is 164 g/mol. The van der Waals surface area contributed by atoms with Gasteiger partial charge in [-0.15, -0.1) is 0 Å². The van der Waals surface area contributed by atoms with Crippen LogP contribution in [0.25, 0.3) is 0 Å². The van der Waals surface area contributed by atoms with Gasteiger partial charge in [-0.2, -0.15) is 0 Å². The van der Waals surface area contributed by atoms with Crippen LogP contribution in [0.1, 0.15) is 15.9 Å². The molecule has 0 aromatic heterocycles. The molecule has 1 aromatic carbocycles. The van der Waals surface area contributed by atoms with Crippen LogP contribution in [-0.4, -0.2) is 11.2 Å². The summed E-state index contributed by atoms with van der Waals surface area (Å²) in [6.07, 6.45) is 0.456. The summed E-state index contributed by atoms with van der Waals surface area (Å²) in [5.41, 5.74) is 0.400. The van der Waals surface area contributed by atoms with Crippen molar-refractivity contribution in [2.24, 2.45) is 0 Å². The number of nitro groups is 1. The van der Waals surface area contributed by atoms with Crippen molar-refractivity contribution >= 4 is 12.0 Å². The largest absolute Gasteiger partial charge is 0.298 e. The minimum absolute atomic E-state index is 0.0763. The van der Waals surface area contributed by atoms with E-state index < -0.39 is 4.92 Å². The fourth-order valence-electron chi connectivity index (χ4n) is 0.847. The molecule has 0 aliphatic heterocycles. The molecule has 0 heterocycles. The SMILES string of the molecule is [CH2]c1ccc(C=O)c([N+](=O)[O-])c1. The zero-order valence-electron chi connectivity index (χ0n) is 6.19. The van der Waals surface area contributed by atoms with Crippen molar-refractivity contribution in [2.45, 2.75) is 0 Å². The minimum atomic E-state index is -0.599. The standard InChI is InChI=1S/C8H6NO3/c1-6-2-3-7(5-10)8(4-6)9(11)12/h2-5H,1H2. The number of aldehydes is 1. The summed E-state index contributed by atoms with van der Waals surface area (Å²) in [4.78, 5) is 20.1. The van der Waals surface area contributed by atoms with Gasteiger partial charge in [-0.05, 0) is 18.6 Å². The van der Waals surface area contributed by atoms with E-state index in [9.17, 15) is 14.9 Å². The first-order valence-electron chi connectivity index (χ1n) is 3.20. The Bertz CT molecular complexity index is 333. The first-order chi connectivity index (χ1) is 5.65. The van der Waals surface area contributed by atoms with Crippen LogP contribution in [0, 0.1) is 17.0 Å². The molecule has 0 spiro atoms. The lowest BCUT2D eigenvalue weighted by Crippen LogP contribution is -1.94. The lowest BCUT2D eigenvalue weighted by Gasteiger charge is -1.95. The van der Waals surface area contributed by atoms with Crippen LogP contribution in [0.4, 0.5) is 5.69 Å². The van der Waals surface area contributed by atoms with Gasteiger partial charge >= 0.3 is 0 Å². The maximum absolute atomic E-state index is 10.4. The highest BCUT2D eigenvalue weighted by atomic mass is 16.6. The topological polar surface area (TPSA) is 60.2 Å². The highest BCUT2D eigenvalue weighted by molar-refractivity contribution is 5.81. The molecule has 61 valence electrons. The lowest BCUT2D eigenvalue weighted by molar-refractivity contribution is -0.385. The van der Waals surface area contributed by atoms with Crippen LogP contribution in [0.2, 0.25) is 0 Å². The minimum Gasteiger partial charge on any atom is -0.298 e. The monoisotopic (exact) mass is 164 g/mol. The number of hydrogen-bond acceptors (Lipinski definition) is 3. The Labute approximate surface area is 69.0 Å². The molecule has 0 aliphatic carbocycles. The Kier molecular flexibility index (Phi) is 2.19. The Hall–Kier alpha value is -1.71. The number of rotatable bonds is 2. The molecule has 0 bridgehead atoms. The maximum Gasteiger partial charge on any atom is 0.280 e. The van der Waals surface area contributed by atoms with Crippen LogP contribution in [0.15, 0.2) is 18.2 Å². The van der Waals surface area contributed by atoms with Crippen molar-refractivity contribution in [3.8, 4) is 0 Å². The van der Waals surface area contributed by atoms with E-state index in [1.807, 2.05) is 0 Å². The highest BCUT2D eigenvalue weighted by Gasteiger charge is 2.11. The molecule has 0 amide bonds. The van der Waals surface area contributed by atoms with Gasteiger partial charge in [0.1, 0.15) is 0 Å². The molecule has 1 rings (SSSR count). The van der Waals surface area contributed by atoms with Gasteiger partial charge in [0.15, 0.2) is 6.29 Å². The van der Waals surface area contributed by atoms with Crippen molar-refractivity contribution in [3.05, 3.63) is 46.4 Å². The quantitative estimate of drug-likeness (QED) is 0.379. The number of carbonyl (C=O) groups excluding carboxylic acids is 1. The zero-order valence-corrected chi connectivity index (χ0v) is 6.19. The third-order valence-electron chi connectivity index (χ3n) is 1.42. The molecule has 12 heavy (non-hydrogen) atoms. The lowest BCUT2D eigenvalue weighted by atomic mass is 10.1. The molecule has 1 aromatic rings. The molecule has 1 radical (unpaired) electrons. The van der Waals surface area contributed by atoms with Gasteiger partial charge in [0.25, 0.3) is 5.69 Å². The second-order valence-electron chi connectivity index (χ2n) is 2.27. The van der Waals surface area contributed by atoms with Gasteiger partial charge in [-0.25, -0.2) is 0 Å². The number of hydrogen-bond donors (Lipinski definition) is 0. The summed E-state index contributed by atoms with van der Waals surface area (Å²) in [5, 5.41) is 10.4. The number of carbonyl (C=O) groups is 1. The number of nitro benzene ring substituents is 1. The van der Waals surface area contributed by atoms with E-state index in [-0.39, 0.29) is 11.3 Å². The highest BCUT2D eigenvalue weighted by Crippen LogP contribution is 2.17. The van der Waals surface area contributed by atoms with E-state index in [0.29, 0.717) is 11.8 Å². The molecular weight excluding hydrogens is 158 g/mol. The molecule has 0 N–H and O–H groups in total. The van der Waals surface area contributed by atoms with Gasteiger partial charge in [-0.3, -0.25) is 14.9 Å². The summed E-state index contributed by atoms with van der Waals surface area (Å²) in [7, 11) is 0. The van der Waals surface area contributed by atoms with E-state index in [1.165, 1.54) is 12.1 Å². The van der Waals surface area contributed by atoms with Crippen molar-refractivity contribution in [1.29, 1.82) is 0 Å². The molecule has 4 heteroatoms. The maximum atomic E-state index is 10.4. The molecule has 4 nitrogen and oxygen atoms in total. The van der Waals surface area contributed by atoms with E-state index in [1.54, 1.807) is 6.07 Å². The first kappa shape index (κ1) is 8.39. The Morgan fingerprint density at radius 3 is 2.67 bits per heavy atom. The van der Waals surface area contributed by atoms with Crippen molar-refractivity contribution in [3.63, 3.8) is 0 Å². The second-order valence-corrected chi connectivity index (χ2v) is 2.27. The molecule has 0 saturated heterocycles. The predicted octanol–water partition coefficient (Wildman–Crippen LogP) is 1.59. The van der Waals surface area contributed by atoms with Crippen LogP contribution in [0.5, 0.6) is 0 Å². The van der Waals surface area contributed by atoms with Crippen molar-refractivity contribution < 1.29 is 9.72 Å². The number of nitrogens with zero attached hydrogens (tertiary/aromatic N) is 1. The number of benzene rings is 1. The third kappa shape index (κ3) is 1.47. The van der Waals surface area contributed by atoms with Gasteiger partial charge in [-0.1, -0.05) is 6.07 Å². The summed E-state index contributed by atoms with van der Waals surface area (Å²) in [6, 6.07) is 4.20. The van der Waals surface area contributed by atoms with E-state index in [0.717, 1.165) is 0 Å². The van der Waals surface area contributed by atoms with Gasteiger partial charge in [0, 0.05) is 6.07 Å². The Morgan fingerprint density at radius 1 is 1.50 bits per heavy atom. The summed E-state index contributed by atoms with van der Waals surface area (Å²) < 4.78 is 0. The molecule has 0 unspecified atom stereocenters. The van der Waals surface area contributed by atoms with Gasteiger partial charge in [0.05, 0.1) is 10.5 Å². The van der Waals surface area contributed by atoms with Crippen molar-refractivity contribution in [2.75, 3.05) is 0 Å². The molecule has 0 saturated carbocycles. The van der Waals surface area contributed by atoms with Crippen LogP contribution >= 0.6 is 0 Å². The third-order valence-corrected chi connectivity index (χ3v) is 1.42. The van der Waals surface area contributed by atoms with Crippen molar-refractivity contribution in [1.82, 2.24) is 0 Å². The zero-order chi connectivity index (χ0) is 9.14. The molecular formula is C8H6NO3. The van der Waals surface area contributed by atoms with E-state index >= 15 is 0 Å². The predicted molar refractivity (Wildman–Crippen MR) is 42.9 cm³/mol. The van der Waals surface area contributed by atoms with Crippen LogP contribution in [-0.2, 0) is 0 Å². The molecule has 0 fully saturated rings. The molecule has 0 aliphatic rings. The summed E-state index contributed by atoms with van der Waals surface area (Å²) >= 11 is 0. The van der Waals surface area contributed by atoms with Gasteiger partial charge in [0.2, 0.25) is 0 Å². The summed E-state index contributed by atoms with van der Waals surface area (Å²) in [5.74, 6) is 0. The Morgan fingerprint density at radius 2 is 2.17 bits per heavy atom.